The number of alkyl halides is 3. The Morgan fingerprint density at radius 3 is 2.53 bits per heavy atom. The molecule has 8 heteroatoms. The van der Waals surface area contributed by atoms with E-state index in [4.69, 9.17) is 9.72 Å². The molecule has 0 bridgehead atoms. The first-order chi connectivity index (χ1) is 18.2. The summed E-state index contributed by atoms with van der Waals surface area (Å²) in [6.45, 7) is 1.37. The van der Waals surface area contributed by atoms with Gasteiger partial charge in [-0.05, 0) is 66.8 Å². The number of esters is 1. The van der Waals surface area contributed by atoms with Crippen LogP contribution in [0.4, 0.5) is 18.9 Å². The Labute approximate surface area is 217 Å². The molecule has 3 aromatic carbocycles. The molecule has 38 heavy (non-hydrogen) atoms. The zero-order chi connectivity index (χ0) is 26.9. The zero-order valence-corrected chi connectivity index (χ0v) is 20.4. The number of carbonyl (C=O) groups excluding carboxylic acids is 2. The highest BCUT2D eigenvalue weighted by atomic mass is 19.4. The molecular weight excluding hydrogens is 493 g/mol. The van der Waals surface area contributed by atoms with Crippen LogP contribution >= 0.6 is 0 Å². The first-order valence-electron chi connectivity index (χ1n) is 12.0. The van der Waals surface area contributed by atoms with E-state index in [0.29, 0.717) is 29.3 Å². The summed E-state index contributed by atoms with van der Waals surface area (Å²) in [5.74, 6) is -1.43. The molecule has 192 valence electrons. The van der Waals surface area contributed by atoms with Gasteiger partial charge in [0.2, 0.25) is 0 Å². The summed E-state index contributed by atoms with van der Waals surface area (Å²) in [4.78, 5) is 30.5. The zero-order valence-electron chi connectivity index (χ0n) is 20.4. The van der Waals surface area contributed by atoms with Crippen molar-refractivity contribution >= 4 is 40.1 Å². The molecule has 0 unspecified atom stereocenters. The normalized spacial score (nSPS) is 13.9. The summed E-state index contributed by atoms with van der Waals surface area (Å²) in [7, 11) is 0. The smallest absolute Gasteiger partial charge is 0.416 e. The van der Waals surface area contributed by atoms with Gasteiger partial charge in [0.05, 0.1) is 22.3 Å². The number of aryl methyl sites for hydroxylation is 1. The summed E-state index contributed by atoms with van der Waals surface area (Å²) in [6.07, 6.45) is -1.19. The summed E-state index contributed by atoms with van der Waals surface area (Å²) in [5.41, 5.74) is 4.73. The van der Waals surface area contributed by atoms with Crippen LogP contribution in [-0.4, -0.2) is 23.5 Å². The quantitative estimate of drug-likeness (QED) is 0.295. The van der Waals surface area contributed by atoms with E-state index in [1.807, 2.05) is 43.3 Å². The Morgan fingerprint density at radius 2 is 1.76 bits per heavy atom. The first kappa shape index (κ1) is 25.2. The molecule has 0 fully saturated rings. The Balaban J connectivity index is 1.39. The summed E-state index contributed by atoms with van der Waals surface area (Å²) in [5, 5.41) is 2.97. The Kier molecular flexibility index (Phi) is 6.72. The minimum Gasteiger partial charge on any atom is -0.452 e. The summed E-state index contributed by atoms with van der Waals surface area (Å²) < 4.78 is 44.2. The van der Waals surface area contributed by atoms with Crippen LogP contribution in [0.3, 0.4) is 0 Å². The van der Waals surface area contributed by atoms with E-state index in [0.717, 1.165) is 40.1 Å². The fourth-order valence-electron chi connectivity index (χ4n) is 4.55. The molecule has 1 aliphatic carbocycles. The molecule has 1 aromatic heterocycles. The average molecular weight is 517 g/mol. The lowest BCUT2D eigenvalue weighted by molar-refractivity contribution is -0.137. The largest absolute Gasteiger partial charge is 0.452 e. The molecule has 0 aliphatic heterocycles. The van der Waals surface area contributed by atoms with E-state index in [9.17, 15) is 22.8 Å². The van der Waals surface area contributed by atoms with E-state index < -0.39 is 30.2 Å². The van der Waals surface area contributed by atoms with Crippen molar-refractivity contribution in [3.8, 4) is 0 Å². The molecule has 5 rings (SSSR count). The highest BCUT2D eigenvalue weighted by molar-refractivity contribution is 6.08. The average Bonchev–Trinajstić information content (AvgIpc) is 3.28. The second kappa shape index (κ2) is 10.1. The van der Waals surface area contributed by atoms with Crippen LogP contribution in [0.1, 0.15) is 44.7 Å². The number of anilines is 1. The number of nitrogens with one attached hydrogen (secondary N) is 1. The van der Waals surface area contributed by atoms with Crippen LogP contribution in [-0.2, 0) is 22.1 Å². The molecule has 4 aromatic rings. The van der Waals surface area contributed by atoms with E-state index in [2.05, 4.69) is 11.4 Å². The highest BCUT2D eigenvalue weighted by Gasteiger charge is 2.31. The Hall–Kier alpha value is -4.46. The number of hydrogen-bond donors (Lipinski definition) is 1. The second-order valence-electron chi connectivity index (χ2n) is 9.11. The highest BCUT2D eigenvalue weighted by Crippen LogP contribution is 2.38. The standard InChI is InChI=1S/C30H23F3N2O3/c1-18-9-11-19(12-10-18)15-20-13-14-24-27(23-7-2-3-8-25(23)35-28(20)24)29(37)38-17-26(36)34-22-6-4-5-21(16-22)30(31,32)33/h2-12,15-16H,13-14,17H2,1H3,(H,34,36)/b20-15-. The van der Waals surface area contributed by atoms with Gasteiger partial charge in [0, 0.05) is 11.1 Å². The maximum atomic E-state index is 13.3. The topological polar surface area (TPSA) is 68.3 Å². The SMILES string of the molecule is Cc1ccc(/C=C2/CCc3c2nc2ccccc2c3C(=O)OCC(=O)Nc2cccc(C(F)(F)F)c2)cc1. The van der Waals surface area contributed by atoms with Crippen molar-refractivity contribution in [3.63, 3.8) is 0 Å². The van der Waals surface area contributed by atoms with Gasteiger partial charge < -0.3 is 10.1 Å². The van der Waals surface area contributed by atoms with Gasteiger partial charge in [0.15, 0.2) is 6.61 Å². The Bertz CT molecular complexity index is 1570. The van der Waals surface area contributed by atoms with Crippen molar-refractivity contribution in [1.29, 1.82) is 0 Å². The predicted octanol–water partition coefficient (Wildman–Crippen LogP) is 6.84. The van der Waals surface area contributed by atoms with Crippen LogP contribution in [0, 0.1) is 6.92 Å². The lowest BCUT2D eigenvalue weighted by Gasteiger charge is -2.13. The van der Waals surface area contributed by atoms with Gasteiger partial charge >= 0.3 is 12.1 Å². The van der Waals surface area contributed by atoms with Crippen LogP contribution in [0.5, 0.6) is 0 Å². The minimum atomic E-state index is -4.54. The molecule has 0 spiro atoms. The number of nitrogens with zero attached hydrogens (tertiary/aromatic N) is 1. The van der Waals surface area contributed by atoms with E-state index in [-0.39, 0.29) is 5.69 Å². The van der Waals surface area contributed by atoms with Crippen LogP contribution in [0.15, 0.2) is 72.8 Å². The molecule has 0 radical (unpaired) electrons. The molecule has 1 heterocycles. The Morgan fingerprint density at radius 1 is 1.00 bits per heavy atom. The third-order valence-corrected chi connectivity index (χ3v) is 6.37. The number of rotatable bonds is 5. The maximum absolute atomic E-state index is 13.3. The van der Waals surface area contributed by atoms with Gasteiger partial charge in [-0.25, -0.2) is 9.78 Å². The van der Waals surface area contributed by atoms with E-state index in [1.54, 1.807) is 12.1 Å². The number of amides is 1. The lowest BCUT2D eigenvalue weighted by atomic mass is 10.0. The van der Waals surface area contributed by atoms with Crippen LogP contribution in [0.2, 0.25) is 0 Å². The second-order valence-corrected chi connectivity index (χ2v) is 9.11. The fraction of sp³-hybridized carbons (Fsp3) is 0.167. The molecule has 0 saturated carbocycles. The van der Waals surface area contributed by atoms with Crippen molar-refractivity contribution in [1.82, 2.24) is 4.98 Å². The number of halogens is 3. The fourth-order valence-corrected chi connectivity index (χ4v) is 4.55. The summed E-state index contributed by atoms with van der Waals surface area (Å²) >= 11 is 0. The first-order valence-corrected chi connectivity index (χ1v) is 12.0. The van der Waals surface area contributed by atoms with Crippen molar-refractivity contribution in [3.05, 3.63) is 106 Å². The van der Waals surface area contributed by atoms with Crippen molar-refractivity contribution in [2.75, 3.05) is 11.9 Å². The minimum absolute atomic E-state index is 0.0398. The van der Waals surface area contributed by atoms with Gasteiger partial charge in [-0.15, -0.1) is 0 Å². The van der Waals surface area contributed by atoms with Gasteiger partial charge in [-0.1, -0.05) is 54.1 Å². The number of aromatic nitrogens is 1. The van der Waals surface area contributed by atoms with Crippen LogP contribution in [0.25, 0.3) is 22.6 Å². The molecule has 1 aliphatic rings. The predicted molar refractivity (Wildman–Crippen MR) is 139 cm³/mol. The number of pyridine rings is 1. The number of para-hydroxylation sites is 1. The third-order valence-electron chi connectivity index (χ3n) is 6.37. The van der Waals surface area contributed by atoms with Crippen molar-refractivity contribution in [2.24, 2.45) is 0 Å². The number of carbonyl (C=O) groups is 2. The number of benzene rings is 3. The number of ether oxygens (including phenoxy) is 1. The lowest BCUT2D eigenvalue weighted by Crippen LogP contribution is -2.22. The number of allylic oxidation sites excluding steroid dienone is 1. The van der Waals surface area contributed by atoms with E-state index in [1.165, 1.54) is 12.1 Å². The van der Waals surface area contributed by atoms with Crippen LogP contribution < -0.4 is 5.32 Å². The number of hydrogen-bond acceptors (Lipinski definition) is 4. The van der Waals surface area contributed by atoms with Gasteiger partial charge in [0.1, 0.15) is 0 Å². The molecule has 1 amide bonds. The third kappa shape index (κ3) is 5.29. The van der Waals surface area contributed by atoms with E-state index >= 15 is 0 Å². The number of fused-ring (bicyclic) bond motifs is 2. The molecular formula is C30H23F3N2O3. The molecule has 0 atom stereocenters. The molecule has 0 saturated heterocycles. The maximum Gasteiger partial charge on any atom is 0.416 e. The van der Waals surface area contributed by atoms with Gasteiger partial charge in [0.25, 0.3) is 5.91 Å². The monoisotopic (exact) mass is 516 g/mol. The summed E-state index contributed by atoms with van der Waals surface area (Å²) in [6, 6.07) is 19.6. The van der Waals surface area contributed by atoms with Gasteiger partial charge in [-0.3, -0.25) is 4.79 Å². The molecule has 5 nitrogen and oxygen atoms in total. The van der Waals surface area contributed by atoms with Crippen molar-refractivity contribution in [2.45, 2.75) is 25.9 Å². The van der Waals surface area contributed by atoms with Crippen molar-refractivity contribution < 1.29 is 27.5 Å². The molecule has 1 N–H and O–H groups in total. The van der Waals surface area contributed by atoms with Gasteiger partial charge in [-0.2, -0.15) is 13.2 Å².